The van der Waals surface area contributed by atoms with E-state index in [9.17, 15) is 9.59 Å². The van der Waals surface area contributed by atoms with Gasteiger partial charge in [-0.1, -0.05) is 6.07 Å². The number of nitrogens with one attached hydrogen (secondary N) is 2. The van der Waals surface area contributed by atoms with Crippen LogP contribution in [0.5, 0.6) is 0 Å². The zero-order valence-electron chi connectivity index (χ0n) is 11.6. The highest BCUT2D eigenvalue weighted by molar-refractivity contribution is 7.14. The van der Waals surface area contributed by atoms with E-state index in [-0.39, 0.29) is 11.8 Å². The number of carbonyl (C=O) groups excluding carboxylic acids is 2. The Labute approximate surface area is 121 Å². The molecule has 0 radical (unpaired) electrons. The van der Waals surface area contributed by atoms with Gasteiger partial charge in [-0.25, -0.2) is 0 Å². The summed E-state index contributed by atoms with van der Waals surface area (Å²) < 4.78 is 0. The standard InChI is InChI=1S/C15H16N2O2S/c1-9-4-6-12(16-11(3)18)8-13(9)17-15(19)14-7-5-10(2)20-14/h4-8H,1-3H3,(H,16,18)(H,17,19). The second kappa shape index (κ2) is 5.88. The van der Waals surface area contributed by atoms with Gasteiger partial charge in [-0.3, -0.25) is 9.59 Å². The van der Waals surface area contributed by atoms with Crippen molar-refractivity contribution in [3.63, 3.8) is 0 Å². The Morgan fingerprint density at radius 3 is 2.40 bits per heavy atom. The molecule has 0 aliphatic carbocycles. The molecule has 104 valence electrons. The number of rotatable bonds is 3. The Kier molecular flexibility index (Phi) is 4.20. The highest BCUT2D eigenvalue weighted by Crippen LogP contribution is 2.22. The molecule has 0 unspecified atom stereocenters. The van der Waals surface area contributed by atoms with E-state index in [0.717, 1.165) is 10.4 Å². The van der Waals surface area contributed by atoms with Crippen molar-refractivity contribution in [1.82, 2.24) is 0 Å². The van der Waals surface area contributed by atoms with Crippen LogP contribution in [0.15, 0.2) is 30.3 Å². The van der Waals surface area contributed by atoms with Crippen LogP contribution in [0.1, 0.15) is 27.0 Å². The third-order valence-electron chi connectivity index (χ3n) is 2.77. The van der Waals surface area contributed by atoms with Gasteiger partial charge in [0.05, 0.1) is 4.88 Å². The molecule has 0 saturated heterocycles. The molecule has 1 heterocycles. The molecule has 5 heteroatoms. The third kappa shape index (κ3) is 3.45. The number of carbonyl (C=O) groups is 2. The second-order valence-electron chi connectivity index (χ2n) is 4.58. The summed E-state index contributed by atoms with van der Waals surface area (Å²) in [5, 5.41) is 5.58. The van der Waals surface area contributed by atoms with Crippen LogP contribution in [0.4, 0.5) is 11.4 Å². The average molecular weight is 288 g/mol. The van der Waals surface area contributed by atoms with Gasteiger partial charge in [0.1, 0.15) is 0 Å². The highest BCUT2D eigenvalue weighted by atomic mass is 32.1. The number of anilines is 2. The lowest BCUT2D eigenvalue weighted by atomic mass is 10.1. The van der Waals surface area contributed by atoms with Gasteiger partial charge >= 0.3 is 0 Å². The fourth-order valence-electron chi connectivity index (χ4n) is 1.78. The van der Waals surface area contributed by atoms with Crippen LogP contribution in [0.3, 0.4) is 0 Å². The summed E-state index contributed by atoms with van der Waals surface area (Å²) in [6.45, 7) is 5.32. The maximum Gasteiger partial charge on any atom is 0.265 e. The molecule has 1 aromatic heterocycles. The van der Waals surface area contributed by atoms with Gasteiger partial charge < -0.3 is 10.6 Å². The summed E-state index contributed by atoms with van der Waals surface area (Å²) in [6.07, 6.45) is 0. The maximum atomic E-state index is 12.1. The number of hydrogen-bond donors (Lipinski definition) is 2. The van der Waals surface area contributed by atoms with Crippen LogP contribution >= 0.6 is 11.3 Å². The minimum atomic E-state index is -0.139. The summed E-state index contributed by atoms with van der Waals surface area (Å²) >= 11 is 1.45. The van der Waals surface area contributed by atoms with Gasteiger partial charge in [-0.05, 0) is 43.7 Å². The third-order valence-corrected chi connectivity index (χ3v) is 3.77. The van der Waals surface area contributed by atoms with Gasteiger partial charge in [0, 0.05) is 23.2 Å². The van der Waals surface area contributed by atoms with Crippen LogP contribution in [0.2, 0.25) is 0 Å². The number of amides is 2. The maximum absolute atomic E-state index is 12.1. The number of thiophene rings is 1. The van der Waals surface area contributed by atoms with Crippen LogP contribution in [-0.2, 0) is 4.79 Å². The van der Waals surface area contributed by atoms with E-state index in [1.165, 1.54) is 18.3 Å². The molecule has 1 aromatic carbocycles. The molecule has 2 amide bonds. The van der Waals surface area contributed by atoms with Crippen molar-refractivity contribution >= 4 is 34.5 Å². The molecule has 2 aromatic rings. The first-order chi connectivity index (χ1) is 9.45. The van der Waals surface area contributed by atoms with E-state index >= 15 is 0 Å². The Hall–Kier alpha value is -2.14. The Bertz CT molecular complexity index is 662. The fraction of sp³-hybridized carbons (Fsp3) is 0.200. The normalized spacial score (nSPS) is 10.2. The van der Waals surface area contributed by atoms with Crippen LogP contribution in [-0.4, -0.2) is 11.8 Å². The molecule has 4 nitrogen and oxygen atoms in total. The van der Waals surface area contributed by atoms with Crippen molar-refractivity contribution in [1.29, 1.82) is 0 Å². The van der Waals surface area contributed by atoms with Crippen molar-refractivity contribution in [2.24, 2.45) is 0 Å². The van der Waals surface area contributed by atoms with Crippen molar-refractivity contribution in [2.75, 3.05) is 10.6 Å². The molecule has 0 saturated carbocycles. The van der Waals surface area contributed by atoms with Crippen LogP contribution < -0.4 is 10.6 Å². The fourth-order valence-corrected chi connectivity index (χ4v) is 2.54. The molecule has 20 heavy (non-hydrogen) atoms. The largest absolute Gasteiger partial charge is 0.326 e. The summed E-state index contributed by atoms with van der Waals surface area (Å²) in [6, 6.07) is 9.15. The quantitative estimate of drug-likeness (QED) is 0.907. The minimum Gasteiger partial charge on any atom is -0.326 e. The first-order valence-corrected chi connectivity index (χ1v) is 7.03. The molecule has 0 atom stereocenters. The topological polar surface area (TPSA) is 58.2 Å². The molecule has 0 bridgehead atoms. The second-order valence-corrected chi connectivity index (χ2v) is 5.86. The summed E-state index contributed by atoms with van der Waals surface area (Å²) in [5.74, 6) is -0.272. The molecular formula is C15H16N2O2S. The predicted octanol–water partition coefficient (Wildman–Crippen LogP) is 3.58. The number of benzene rings is 1. The molecule has 2 rings (SSSR count). The monoisotopic (exact) mass is 288 g/mol. The Balaban J connectivity index is 2.19. The Morgan fingerprint density at radius 2 is 1.80 bits per heavy atom. The van der Waals surface area contributed by atoms with Crippen LogP contribution in [0, 0.1) is 13.8 Å². The predicted molar refractivity (Wildman–Crippen MR) is 82.5 cm³/mol. The molecule has 2 N–H and O–H groups in total. The lowest BCUT2D eigenvalue weighted by molar-refractivity contribution is -0.114. The van der Waals surface area contributed by atoms with Crippen molar-refractivity contribution in [3.05, 3.63) is 45.6 Å². The molecule has 0 spiro atoms. The lowest BCUT2D eigenvalue weighted by Gasteiger charge is -2.10. The zero-order valence-corrected chi connectivity index (χ0v) is 12.4. The van der Waals surface area contributed by atoms with Crippen molar-refractivity contribution in [3.8, 4) is 0 Å². The summed E-state index contributed by atoms with van der Waals surface area (Å²) in [4.78, 5) is 25.0. The van der Waals surface area contributed by atoms with E-state index in [2.05, 4.69) is 10.6 Å². The van der Waals surface area contributed by atoms with Gasteiger partial charge in [0.2, 0.25) is 5.91 Å². The van der Waals surface area contributed by atoms with Gasteiger partial charge in [-0.2, -0.15) is 0 Å². The van der Waals surface area contributed by atoms with Crippen molar-refractivity contribution in [2.45, 2.75) is 20.8 Å². The summed E-state index contributed by atoms with van der Waals surface area (Å²) in [7, 11) is 0. The Morgan fingerprint density at radius 1 is 1.05 bits per heavy atom. The van der Waals surface area contributed by atoms with Crippen LogP contribution in [0.25, 0.3) is 0 Å². The van der Waals surface area contributed by atoms with E-state index in [1.54, 1.807) is 6.07 Å². The van der Waals surface area contributed by atoms with Gasteiger partial charge in [-0.15, -0.1) is 11.3 Å². The van der Waals surface area contributed by atoms with Crippen molar-refractivity contribution < 1.29 is 9.59 Å². The molecular weight excluding hydrogens is 272 g/mol. The highest BCUT2D eigenvalue weighted by Gasteiger charge is 2.10. The molecule has 0 fully saturated rings. The average Bonchev–Trinajstić information content (AvgIpc) is 2.79. The lowest BCUT2D eigenvalue weighted by Crippen LogP contribution is -2.12. The van der Waals surface area contributed by atoms with Gasteiger partial charge in [0.15, 0.2) is 0 Å². The van der Waals surface area contributed by atoms with Gasteiger partial charge in [0.25, 0.3) is 5.91 Å². The minimum absolute atomic E-state index is 0.133. The SMILES string of the molecule is CC(=O)Nc1ccc(C)c(NC(=O)c2ccc(C)s2)c1. The van der Waals surface area contributed by atoms with E-state index in [1.807, 2.05) is 38.1 Å². The smallest absolute Gasteiger partial charge is 0.265 e. The van der Waals surface area contributed by atoms with E-state index < -0.39 is 0 Å². The molecule has 0 aliphatic rings. The first-order valence-electron chi connectivity index (χ1n) is 6.22. The molecule has 0 aliphatic heterocycles. The summed E-state index contributed by atoms with van der Waals surface area (Å²) in [5.41, 5.74) is 2.31. The first kappa shape index (κ1) is 14.3. The number of aryl methyl sites for hydroxylation is 2. The number of hydrogen-bond acceptors (Lipinski definition) is 3. The van der Waals surface area contributed by atoms with E-state index in [4.69, 9.17) is 0 Å². The van der Waals surface area contributed by atoms with E-state index in [0.29, 0.717) is 16.3 Å². The zero-order chi connectivity index (χ0) is 14.7.